The monoisotopic (exact) mass is 263 g/mol. The third kappa shape index (κ3) is 3.05. The van der Waals surface area contributed by atoms with E-state index in [4.69, 9.17) is 9.84 Å². The molecule has 1 aromatic carbocycles. The number of rotatable bonds is 4. The molecule has 1 amide bonds. The molecule has 0 saturated heterocycles. The van der Waals surface area contributed by atoms with Gasteiger partial charge < -0.3 is 14.7 Å². The molecule has 0 saturated carbocycles. The van der Waals surface area contributed by atoms with Crippen LogP contribution in [0, 0.1) is 0 Å². The Bertz CT molecular complexity index is 498. The van der Waals surface area contributed by atoms with Crippen molar-refractivity contribution < 1.29 is 19.4 Å². The van der Waals surface area contributed by atoms with Gasteiger partial charge in [-0.3, -0.25) is 9.59 Å². The normalized spacial score (nSPS) is 13.8. The van der Waals surface area contributed by atoms with E-state index in [1.165, 1.54) is 0 Å². The van der Waals surface area contributed by atoms with E-state index in [2.05, 4.69) is 0 Å². The lowest BCUT2D eigenvalue weighted by molar-refractivity contribution is -0.141. The minimum absolute atomic E-state index is 0.0641. The van der Waals surface area contributed by atoms with E-state index in [0.717, 1.165) is 23.3 Å². The molecule has 0 radical (unpaired) electrons. The van der Waals surface area contributed by atoms with Gasteiger partial charge in [0.2, 0.25) is 5.91 Å². The Kier molecular flexibility index (Phi) is 4.04. The highest BCUT2D eigenvalue weighted by atomic mass is 16.5. The molecule has 1 heterocycles. The Hall–Kier alpha value is -2.04. The fraction of sp³-hybridized carbons (Fsp3) is 0.429. The number of carboxylic acid groups (broad SMARTS) is 1. The number of methoxy groups -OCH3 is 1. The first-order valence-corrected chi connectivity index (χ1v) is 6.26. The fourth-order valence-corrected chi connectivity index (χ4v) is 2.35. The van der Waals surface area contributed by atoms with Gasteiger partial charge in [-0.05, 0) is 18.1 Å². The maximum atomic E-state index is 11.9. The maximum absolute atomic E-state index is 11.9. The smallest absolute Gasteiger partial charge is 0.303 e. The summed E-state index contributed by atoms with van der Waals surface area (Å²) < 4.78 is 5.31. The average molecular weight is 263 g/mol. The molecule has 0 aromatic heterocycles. The van der Waals surface area contributed by atoms with Crippen molar-refractivity contribution in [3.63, 3.8) is 0 Å². The summed E-state index contributed by atoms with van der Waals surface area (Å²) in [6.07, 6.45) is 0.701. The lowest BCUT2D eigenvalue weighted by Gasteiger charge is -2.29. The zero-order valence-electron chi connectivity index (χ0n) is 10.9. The Labute approximate surface area is 111 Å². The molecular weight excluding hydrogens is 246 g/mol. The van der Waals surface area contributed by atoms with E-state index in [1.807, 2.05) is 18.2 Å². The SMILES string of the molecule is COc1cccc2c1CCN(C(=O)CCC(=O)O)C2. The van der Waals surface area contributed by atoms with Crippen LogP contribution in [0.3, 0.4) is 0 Å². The minimum Gasteiger partial charge on any atom is -0.496 e. The van der Waals surface area contributed by atoms with Crippen molar-refractivity contribution in [2.45, 2.75) is 25.8 Å². The van der Waals surface area contributed by atoms with Crippen LogP contribution in [0.25, 0.3) is 0 Å². The fourth-order valence-electron chi connectivity index (χ4n) is 2.35. The molecule has 0 atom stereocenters. The van der Waals surface area contributed by atoms with Crippen molar-refractivity contribution in [3.8, 4) is 5.75 Å². The van der Waals surface area contributed by atoms with Gasteiger partial charge in [0, 0.05) is 25.1 Å². The second-order valence-electron chi connectivity index (χ2n) is 4.56. The quantitative estimate of drug-likeness (QED) is 0.892. The number of carboxylic acids is 1. The number of fused-ring (bicyclic) bond motifs is 1. The van der Waals surface area contributed by atoms with Crippen molar-refractivity contribution >= 4 is 11.9 Å². The number of hydrogen-bond acceptors (Lipinski definition) is 3. The van der Waals surface area contributed by atoms with Gasteiger partial charge >= 0.3 is 5.97 Å². The predicted octanol–water partition coefficient (Wildman–Crippen LogP) is 1.44. The third-order valence-corrected chi connectivity index (χ3v) is 3.35. The number of ether oxygens (including phenoxy) is 1. The summed E-state index contributed by atoms with van der Waals surface area (Å²) in [5.41, 5.74) is 2.22. The summed E-state index contributed by atoms with van der Waals surface area (Å²) in [5, 5.41) is 8.60. The van der Waals surface area contributed by atoms with Gasteiger partial charge in [-0.25, -0.2) is 0 Å². The highest BCUT2D eigenvalue weighted by Crippen LogP contribution is 2.27. The Morgan fingerprint density at radius 1 is 1.37 bits per heavy atom. The van der Waals surface area contributed by atoms with E-state index in [1.54, 1.807) is 12.0 Å². The van der Waals surface area contributed by atoms with Crippen LogP contribution in [-0.2, 0) is 22.6 Å². The molecule has 1 aliphatic heterocycles. The molecule has 19 heavy (non-hydrogen) atoms. The number of aliphatic carboxylic acids is 1. The lowest BCUT2D eigenvalue weighted by atomic mass is 9.98. The minimum atomic E-state index is -0.938. The molecule has 5 heteroatoms. The number of carbonyl (C=O) groups excluding carboxylic acids is 1. The van der Waals surface area contributed by atoms with Crippen molar-refractivity contribution in [1.82, 2.24) is 4.90 Å². The molecule has 2 rings (SSSR count). The maximum Gasteiger partial charge on any atom is 0.303 e. The molecular formula is C14H17NO4. The largest absolute Gasteiger partial charge is 0.496 e. The van der Waals surface area contributed by atoms with Gasteiger partial charge in [-0.1, -0.05) is 12.1 Å². The molecule has 1 aromatic rings. The highest BCUT2D eigenvalue weighted by Gasteiger charge is 2.22. The Balaban J connectivity index is 2.06. The van der Waals surface area contributed by atoms with Crippen LogP contribution in [0.1, 0.15) is 24.0 Å². The third-order valence-electron chi connectivity index (χ3n) is 3.35. The number of nitrogens with zero attached hydrogens (tertiary/aromatic N) is 1. The van der Waals surface area contributed by atoms with Gasteiger partial charge in [-0.15, -0.1) is 0 Å². The van der Waals surface area contributed by atoms with Crippen molar-refractivity contribution in [3.05, 3.63) is 29.3 Å². The summed E-state index contributed by atoms with van der Waals surface area (Å²) in [4.78, 5) is 24.1. The van der Waals surface area contributed by atoms with Crippen LogP contribution in [0.4, 0.5) is 0 Å². The van der Waals surface area contributed by atoms with Crippen LogP contribution in [-0.4, -0.2) is 35.5 Å². The van der Waals surface area contributed by atoms with E-state index in [0.29, 0.717) is 13.1 Å². The summed E-state index contributed by atoms with van der Waals surface area (Å²) >= 11 is 0. The predicted molar refractivity (Wildman–Crippen MR) is 69.0 cm³/mol. The molecule has 1 aliphatic rings. The number of benzene rings is 1. The van der Waals surface area contributed by atoms with E-state index >= 15 is 0 Å². The van der Waals surface area contributed by atoms with Crippen molar-refractivity contribution in [2.24, 2.45) is 0 Å². The molecule has 1 N–H and O–H groups in total. The van der Waals surface area contributed by atoms with E-state index in [9.17, 15) is 9.59 Å². The standard InChI is InChI=1S/C14H17NO4/c1-19-12-4-2-3-10-9-15(8-7-11(10)12)13(16)5-6-14(17)18/h2-4H,5-9H2,1H3,(H,17,18). The average Bonchev–Trinajstić information content (AvgIpc) is 2.43. The molecule has 0 unspecified atom stereocenters. The summed E-state index contributed by atoms with van der Waals surface area (Å²) in [6, 6.07) is 5.80. The first kappa shape index (κ1) is 13.4. The second-order valence-corrected chi connectivity index (χ2v) is 4.56. The molecule has 0 fully saturated rings. The van der Waals surface area contributed by atoms with Gasteiger partial charge in [-0.2, -0.15) is 0 Å². The highest BCUT2D eigenvalue weighted by molar-refractivity contribution is 5.81. The summed E-state index contributed by atoms with van der Waals surface area (Å²) in [5.74, 6) is -0.182. The molecule has 0 spiro atoms. The number of hydrogen-bond donors (Lipinski definition) is 1. The van der Waals surface area contributed by atoms with Gasteiger partial charge in [0.05, 0.1) is 13.5 Å². The van der Waals surface area contributed by atoms with E-state index in [-0.39, 0.29) is 18.7 Å². The zero-order valence-corrected chi connectivity index (χ0v) is 10.9. The van der Waals surface area contributed by atoms with Crippen molar-refractivity contribution in [2.75, 3.05) is 13.7 Å². The van der Waals surface area contributed by atoms with Crippen molar-refractivity contribution in [1.29, 1.82) is 0 Å². The molecule has 102 valence electrons. The molecule has 0 bridgehead atoms. The Morgan fingerprint density at radius 3 is 2.84 bits per heavy atom. The number of amides is 1. The first-order valence-electron chi connectivity index (χ1n) is 6.26. The topological polar surface area (TPSA) is 66.8 Å². The van der Waals surface area contributed by atoms with Crippen LogP contribution >= 0.6 is 0 Å². The van der Waals surface area contributed by atoms with Gasteiger partial charge in [0.1, 0.15) is 5.75 Å². The van der Waals surface area contributed by atoms with E-state index < -0.39 is 5.97 Å². The van der Waals surface area contributed by atoms with Crippen LogP contribution in [0.5, 0.6) is 5.75 Å². The van der Waals surface area contributed by atoms with Gasteiger partial charge in [0.25, 0.3) is 0 Å². The lowest BCUT2D eigenvalue weighted by Crippen LogP contribution is -2.36. The first-order chi connectivity index (χ1) is 9.11. The van der Waals surface area contributed by atoms with Crippen LogP contribution in [0.15, 0.2) is 18.2 Å². The zero-order chi connectivity index (χ0) is 13.8. The summed E-state index contributed by atoms with van der Waals surface area (Å²) in [6.45, 7) is 1.15. The second kappa shape index (κ2) is 5.73. The van der Waals surface area contributed by atoms with Gasteiger partial charge in [0.15, 0.2) is 0 Å². The summed E-state index contributed by atoms with van der Waals surface area (Å²) in [7, 11) is 1.64. The molecule has 0 aliphatic carbocycles. The Morgan fingerprint density at radius 2 is 2.16 bits per heavy atom. The molecule has 5 nitrogen and oxygen atoms in total. The number of carbonyl (C=O) groups is 2. The van der Waals surface area contributed by atoms with Crippen LogP contribution < -0.4 is 4.74 Å². The van der Waals surface area contributed by atoms with Crippen LogP contribution in [0.2, 0.25) is 0 Å².